The summed E-state index contributed by atoms with van der Waals surface area (Å²) in [7, 11) is 4.99. The van der Waals surface area contributed by atoms with Crippen LogP contribution in [0, 0.1) is 5.41 Å². The second-order valence-corrected chi connectivity index (χ2v) is 5.82. The lowest BCUT2D eigenvalue weighted by atomic mass is 9.92. The molecule has 0 atom stereocenters. The number of amides is 2. The highest BCUT2D eigenvalue weighted by Gasteiger charge is 2.27. The van der Waals surface area contributed by atoms with Crippen molar-refractivity contribution < 1.29 is 9.59 Å². The van der Waals surface area contributed by atoms with Gasteiger partial charge in [-0.3, -0.25) is 9.59 Å². The molecule has 0 unspecified atom stereocenters. The average Bonchev–Trinajstić information content (AvgIpc) is 2.43. The summed E-state index contributed by atoms with van der Waals surface area (Å²) >= 11 is 0. The first-order chi connectivity index (χ1) is 9.69. The molecule has 0 saturated carbocycles. The molecule has 0 aliphatic carbocycles. The molecule has 1 rings (SSSR count). The van der Waals surface area contributed by atoms with Gasteiger partial charge >= 0.3 is 0 Å². The number of nitrogens with one attached hydrogen (secondary N) is 2. The van der Waals surface area contributed by atoms with E-state index in [4.69, 9.17) is 5.73 Å². The van der Waals surface area contributed by atoms with E-state index >= 15 is 0 Å². The van der Waals surface area contributed by atoms with Crippen molar-refractivity contribution in [2.45, 2.75) is 13.8 Å². The smallest absolute Gasteiger partial charge is 0.255 e. The Balaban J connectivity index is 3.00. The fraction of sp³-hybridized carbons (Fsp3) is 0.467. The lowest BCUT2D eigenvalue weighted by molar-refractivity contribution is -0.128. The second-order valence-electron chi connectivity index (χ2n) is 5.82. The Kier molecular flexibility index (Phi) is 5.18. The molecule has 0 bridgehead atoms. The van der Waals surface area contributed by atoms with Crippen molar-refractivity contribution in [1.29, 1.82) is 0 Å². The van der Waals surface area contributed by atoms with Crippen molar-refractivity contribution in [2.75, 3.05) is 38.7 Å². The van der Waals surface area contributed by atoms with E-state index in [1.807, 2.05) is 13.8 Å². The Morgan fingerprint density at radius 2 is 1.90 bits per heavy atom. The number of carbonyl (C=O) groups excluding carboxylic acids is 2. The zero-order valence-electron chi connectivity index (χ0n) is 13.3. The van der Waals surface area contributed by atoms with Crippen LogP contribution in [0.5, 0.6) is 0 Å². The molecule has 4 N–H and O–H groups in total. The fourth-order valence-electron chi connectivity index (χ4n) is 1.87. The summed E-state index contributed by atoms with van der Waals surface area (Å²) in [4.78, 5) is 25.5. The topological polar surface area (TPSA) is 87.5 Å². The molecule has 0 aromatic heterocycles. The normalized spacial score (nSPS) is 10.9. The number of benzene rings is 1. The van der Waals surface area contributed by atoms with E-state index in [9.17, 15) is 9.59 Å². The van der Waals surface area contributed by atoms with Crippen LogP contribution in [-0.4, -0.2) is 44.4 Å². The molecule has 1 aromatic carbocycles. The summed E-state index contributed by atoms with van der Waals surface area (Å²) in [5, 5.41) is 5.79. The monoisotopic (exact) mass is 292 g/mol. The molecule has 0 heterocycles. The summed E-state index contributed by atoms with van der Waals surface area (Å²) in [6.07, 6.45) is 0. The zero-order chi connectivity index (χ0) is 16.2. The van der Waals surface area contributed by atoms with Crippen LogP contribution < -0.4 is 16.4 Å². The van der Waals surface area contributed by atoms with Gasteiger partial charge in [-0.25, -0.2) is 0 Å². The van der Waals surface area contributed by atoms with Crippen LogP contribution >= 0.6 is 0 Å². The van der Waals surface area contributed by atoms with Crippen LogP contribution in [0.1, 0.15) is 24.2 Å². The van der Waals surface area contributed by atoms with Gasteiger partial charge in [-0.05, 0) is 32.0 Å². The molecule has 0 saturated heterocycles. The third-order valence-corrected chi connectivity index (χ3v) is 3.24. The highest BCUT2D eigenvalue weighted by Crippen LogP contribution is 2.23. The van der Waals surface area contributed by atoms with E-state index in [2.05, 4.69) is 10.6 Å². The number of nitrogen functional groups attached to an aromatic ring is 1. The van der Waals surface area contributed by atoms with Crippen LogP contribution in [0.4, 0.5) is 11.4 Å². The van der Waals surface area contributed by atoms with Gasteiger partial charge in [0.1, 0.15) is 0 Å². The average molecular weight is 292 g/mol. The molecule has 0 spiro atoms. The molecular weight excluding hydrogens is 268 g/mol. The maximum atomic E-state index is 12.2. The largest absolute Gasteiger partial charge is 0.399 e. The van der Waals surface area contributed by atoms with E-state index in [-0.39, 0.29) is 11.8 Å². The van der Waals surface area contributed by atoms with Gasteiger partial charge in [0.25, 0.3) is 5.91 Å². The van der Waals surface area contributed by atoms with Gasteiger partial charge < -0.3 is 21.3 Å². The molecule has 2 amide bonds. The van der Waals surface area contributed by atoms with Crippen molar-refractivity contribution in [3.63, 3.8) is 0 Å². The lowest BCUT2D eigenvalue weighted by Gasteiger charge is -2.24. The summed E-state index contributed by atoms with van der Waals surface area (Å²) in [5.74, 6) is -0.186. The quantitative estimate of drug-likeness (QED) is 0.711. The highest BCUT2D eigenvalue weighted by atomic mass is 16.2. The number of carbonyl (C=O) groups is 2. The van der Waals surface area contributed by atoms with Crippen LogP contribution in [0.2, 0.25) is 0 Å². The number of rotatable bonds is 5. The molecule has 6 nitrogen and oxygen atoms in total. The molecule has 1 aromatic rings. The van der Waals surface area contributed by atoms with Crippen LogP contribution in [0.25, 0.3) is 0 Å². The van der Waals surface area contributed by atoms with Gasteiger partial charge in [-0.2, -0.15) is 0 Å². The van der Waals surface area contributed by atoms with E-state index in [1.165, 1.54) is 4.90 Å². The Hall–Kier alpha value is -2.24. The Bertz CT molecular complexity index is 538. The molecule has 0 fully saturated rings. The van der Waals surface area contributed by atoms with E-state index in [0.29, 0.717) is 23.5 Å². The van der Waals surface area contributed by atoms with Gasteiger partial charge in [0.05, 0.1) is 11.0 Å². The number of anilines is 2. The van der Waals surface area contributed by atoms with Gasteiger partial charge in [0.15, 0.2) is 0 Å². The Labute approximate surface area is 125 Å². The molecule has 21 heavy (non-hydrogen) atoms. The van der Waals surface area contributed by atoms with Crippen LogP contribution in [0.3, 0.4) is 0 Å². The van der Waals surface area contributed by atoms with Crippen molar-refractivity contribution in [2.24, 2.45) is 5.41 Å². The molecule has 6 heteroatoms. The molecule has 0 aliphatic heterocycles. The first-order valence-corrected chi connectivity index (χ1v) is 6.76. The SMILES string of the molecule is CNC(=O)C(C)(C)CNc1cc(N)ccc1C(=O)N(C)C. The molecule has 0 aliphatic rings. The maximum absolute atomic E-state index is 12.2. The summed E-state index contributed by atoms with van der Waals surface area (Å²) in [5.41, 5.74) is 6.91. The Morgan fingerprint density at radius 1 is 1.29 bits per heavy atom. The number of nitrogens with two attached hydrogens (primary N) is 1. The van der Waals surface area contributed by atoms with Crippen molar-refractivity contribution in [3.8, 4) is 0 Å². The van der Waals surface area contributed by atoms with Crippen molar-refractivity contribution in [1.82, 2.24) is 10.2 Å². The first kappa shape index (κ1) is 16.8. The third kappa shape index (κ3) is 4.11. The number of nitrogens with zero attached hydrogens (tertiary/aromatic N) is 1. The zero-order valence-corrected chi connectivity index (χ0v) is 13.3. The van der Waals surface area contributed by atoms with Gasteiger partial charge in [0.2, 0.25) is 5.91 Å². The van der Waals surface area contributed by atoms with Crippen LogP contribution in [0.15, 0.2) is 18.2 Å². The lowest BCUT2D eigenvalue weighted by Crippen LogP contribution is -2.39. The van der Waals surface area contributed by atoms with E-state index in [0.717, 1.165) is 0 Å². The van der Waals surface area contributed by atoms with Gasteiger partial charge in [-0.1, -0.05) is 0 Å². The van der Waals surface area contributed by atoms with Crippen LogP contribution in [-0.2, 0) is 4.79 Å². The van der Waals surface area contributed by atoms with Gasteiger partial charge in [-0.15, -0.1) is 0 Å². The summed E-state index contributed by atoms with van der Waals surface area (Å²) in [6.45, 7) is 4.06. The minimum Gasteiger partial charge on any atom is -0.399 e. The Morgan fingerprint density at radius 3 is 2.43 bits per heavy atom. The molecular formula is C15H24N4O2. The van der Waals surface area contributed by atoms with Crippen molar-refractivity contribution in [3.05, 3.63) is 23.8 Å². The van der Waals surface area contributed by atoms with Crippen molar-refractivity contribution >= 4 is 23.2 Å². The maximum Gasteiger partial charge on any atom is 0.255 e. The number of hydrogen-bond acceptors (Lipinski definition) is 4. The standard InChI is InChI=1S/C15H24N4O2/c1-15(2,14(21)17-3)9-18-12-8-10(16)6-7-11(12)13(20)19(4)5/h6-8,18H,9,16H2,1-5H3,(H,17,21). The third-order valence-electron chi connectivity index (χ3n) is 3.24. The molecule has 116 valence electrons. The number of hydrogen-bond donors (Lipinski definition) is 3. The highest BCUT2D eigenvalue weighted by molar-refractivity contribution is 6.00. The summed E-state index contributed by atoms with van der Waals surface area (Å²) in [6, 6.07) is 5.08. The predicted molar refractivity (Wildman–Crippen MR) is 85.2 cm³/mol. The van der Waals surface area contributed by atoms with E-state index < -0.39 is 5.41 Å². The fourth-order valence-corrected chi connectivity index (χ4v) is 1.87. The summed E-state index contributed by atoms with van der Waals surface area (Å²) < 4.78 is 0. The minimum atomic E-state index is -0.599. The minimum absolute atomic E-state index is 0.0700. The second kappa shape index (κ2) is 6.47. The first-order valence-electron chi connectivity index (χ1n) is 6.76. The predicted octanol–water partition coefficient (Wildman–Crippen LogP) is 1.15. The van der Waals surface area contributed by atoms with Gasteiger partial charge in [0, 0.05) is 39.1 Å². The molecule has 0 radical (unpaired) electrons. The van der Waals surface area contributed by atoms with E-state index in [1.54, 1.807) is 39.3 Å².